The molecule has 17 heavy (non-hydrogen) atoms. The van der Waals surface area contributed by atoms with E-state index in [4.69, 9.17) is 16.6 Å². The second-order valence-corrected chi connectivity index (χ2v) is 3.60. The van der Waals surface area contributed by atoms with E-state index in [9.17, 15) is 4.79 Å². The number of rotatable bonds is 3. The Bertz CT molecular complexity index is 584. The summed E-state index contributed by atoms with van der Waals surface area (Å²) in [5.74, 6) is -1.34. The van der Waals surface area contributed by atoms with Gasteiger partial charge in [0.1, 0.15) is 0 Å². The van der Waals surface area contributed by atoms with Crippen LogP contribution in [0.4, 0.5) is 0 Å². The Kier molecular flexibility index (Phi) is 2.70. The summed E-state index contributed by atoms with van der Waals surface area (Å²) in [5, 5.41) is 9.07. The molecule has 0 fully saturated rings. The number of aliphatic imine (C=N–C) groups is 1. The highest BCUT2D eigenvalue weighted by molar-refractivity contribution is 5.82. The average molecular weight is 232 g/mol. The zero-order valence-electron chi connectivity index (χ0n) is 8.95. The van der Waals surface area contributed by atoms with Crippen molar-refractivity contribution in [2.75, 3.05) is 0 Å². The number of carboxylic acids is 1. The number of hydrogen-bond donors (Lipinski definition) is 3. The van der Waals surface area contributed by atoms with E-state index in [1.807, 2.05) is 28.8 Å². The third-order valence-corrected chi connectivity index (χ3v) is 2.37. The Morgan fingerprint density at radius 3 is 2.76 bits per heavy atom. The van der Waals surface area contributed by atoms with Crippen molar-refractivity contribution < 1.29 is 9.90 Å². The van der Waals surface area contributed by atoms with Crippen LogP contribution in [0.2, 0.25) is 0 Å². The highest BCUT2D eigenvalue weighted by atomic mass is 16.4. The molecule has 5 N–H and O–H groups in total. The summed E-state index contributed by atoms with van der Waals surface area (Å²) in [5.41, 5.74) is 11.9. The second kappa shape index (κ2) is 4.17. The predicted molar refractivity (Wildman–Crippen MR) is 63.6 cm³/mol. The fraction of sp³-hybridized carbons (Fsp3) is 0.0909. The predicted octanol–water partition coefficient (Wildman–Crippen LogP) is 0.338. The van der Waals surface area contributed by atoms with Crippen LogP contribution < -0.4 is 11.5 Å². The number of nitrogens with two attached hydrogens (primary N) is 2. The lowest BCUT2D eigenvalue weighted by Gasteiger charge is -2.09. The minimum Gasteiger partial charge on any atom is -0.479 e. The summed E-state index contributed by atoms with van der Waals surface area (Å²) in [7, 11) is 0. The number of carbonyl (C=O) groups is 1. The minimum absolute atomic E-state index is 0.245. The third kappa shape index (κ3) is 2.20. The third-order valence-electron chi connectivity index (χ3n) is 2.37. The number of hydrogen-bond acceptors (Lipinski definition) is 2. The van der Waals surface area contributed by atoms with E-state index in [1.165, 1.54) is 0 Å². The summed E-state index contributed by atoms with van der Waals surface area (Å²) in [6.45, 7) is 0. The van der Waals surface area contributed by atoms with Crippen molar-refractivity contribution in [3.63, 3.8) is 0 Å². The Morgan fingerprint density at radius 1 is 1.35 bits per heavy atom. The van der Waals surface area contributed by atoms with Crippen molar-refractivity contribution in [1.82, 2.24) is 4.40 Å². The number of carboxylic acid groups (broad SMARTS) is 1. The average Bonchev–Trinajstić information content (AvgIpc) is 2.72. The van der Waals surface area contributed by atoms with E-state index in [0.717, 1.165) is 5.52 Å². The smallest absolute Gasteiger partial charge is 0.333 e. The van der Waals surface area contributed by atoms with Crippen LogP contribution in [0.25, 0.3) is 5.52 Å². The first-order chi connectivity index (χ1) is 8.08. The van der Waals surface area contributed by atoms with Gasteiger partial charge in [0.25, 0.3) is 0 Å². The zero-order chi connectivity index (χ0) is 12.4. The van der Waals surface area contributed by atoms with Crippen molar-refractivity contribution in [3.05, 3.63) is 42.2 Å². The molecule has 0 aromatic carbocycles. The molecule has 0 bridgehead atoms. The lowest BCUT2D eigenvalue weighted by molar-refractivity contribution is -0.138. The normalized spacial score (nSPS) is 12.2. The lowest BCUT2D eigenvalue weighted by Crippen LogP contribution is -2.25. The van der Waals surface area contributed by atoms with Gasteiger partial charge in [-0.05, 0) is 18.2 Å². The van der Waals surface area contributed by atoms with Gasteiger partial charge in [0.15, 0.2) is 12.0 Å². The molecular formula is C11H12N4O2. The van der Waals surface area contributed by atoms with Crippen molar-refractivity contribution in [2.24, 2.45) is 16.5 Å². The molecule has 6 nitrogen and oxygen atoms in total. The lowest BCUT2D eigenvalue weighted by atomic mass is 10.1. The first kappa shape index (κ1) is 11.0. The molecule has 0 aliphatic carbocycles. The number of fused-ring (bicyclic) bond motifs is 1. The van der Waals surface area contributed by atoms with Crippen LogP contribution >= 0.6 is 0 Å². The molecule has 2 aromatic heterocycles. The molecule has 0 spiro atoms. The monoisotopic (exact) mass is 232 g/mol. The first-order valence-corrected chi connectivity index (χ1v) is 4.96. The Labute approximate surface area is 97.2 Å². The van der Waals surface area contributed by atoms with Gasteiger partial charge in [0.2, 0.25) is 0 Å². The molecule has 0 amide bonds. The Morgan fingerprint density at radius 2 is 2.12 bits per heavy atom. The summed E-state index contributed by atoms with van der Waals surface area (Å²) in [6, 6.07) is 6.22. The maximum atomic E-state index is 11.1. The summed E-state index contributed by atoms with van der Waals surface area (Å²) in [6.07, 6.45) is 3.52. The zero-order valence-corrected chi connectivity index (χ0v) is 8.95. The van der Waals surface area contributed by atoms with Gasteiger partial charge < -0.3 is 21.0 Å². The number of guanidine groups is 1. The van der Waals surface area contributed by atoms with E-state index >= 15 is 0 Å². The van der Waals surface area contributed by atoms with E-state index in [0.29, 0.717) is 5.56 Å². The molecule has 88 valence electrons. The molecular weight excluding hydrogens is 220 g/mol. The number of pyridine rings is 1. The fourth-order valence-electron chi connectivity index (χ4n) is 1.63. The fourth-order valence-corrected chi connectivity index (χ4v) is 1.63. The summed E-state index contributed by atoms with van der Waals surface area (Å²) < 4.78 is 1.81. The molecule has 2 heterocycles. The second-order valence-electron chi connectivity index (χ2n) is 3.60. The van der Waals surface area contributed by atoms with E-state index in [1.54, 1.807) is 12.3 Å². The molecule has 0 saturated carbocycles. The summed E-state index contributed by atoms with van der Waals surface area (Å²) in [4.78, 5) is 14.8. The highest BCUT2D eigenvalue weighted by Crippen LogP contribution is 2.18. The topological polar surface area (TPSA) is 106 Å². The van der Waals surface area contributed by atoms with Gasteiger partial charge in [0.05, 0.1) is 0 Å². The molecule has 0 aliphatic rings. The van der Waals surface area contributed by atoms with E-state index < -0.39 is 12.0 Å². The van der Waals surface area contributed by atoms with Gasteiger partial charge in [-0.3, -0.25) is 0 Å². The van der Waals surface area contributed by atoms with Crippen LogP contribution in [0.3, 0.4) is 0 Å². The molecule has 6 heteroatoms. The van der Waals surface area contributed by atoms with Crippen LogP contribution in [-0.4, -0.2) is 21.4 Å². The van der Waals surface area contributed by atoms with Crippen LogP contribution in [0.1, 0.15) is 11.6 Å². The molecule has 1 atom stereocenters. The quantitative estimate of drug-likeness (QED) is 0.524. The Hall–Kier alpha value is -2.50. The largest absolute Gasteiger partial charge is 0.479 e. The SMILES string of the molecule is NC(N)=NC(C(=O)O)c1ccc2cccn2c1. The van der Waals surface area contributed by atoms with E-state index in [2.05, 4.69) is 4.99 Å². The highest BCUT2D eigenvalue weighted by Gasteiger charge is 2.19. The molecule has 0 radical (unpaired) electrons. The number of aromatic nitrogens is 1. The van der Waals surface area contributed by atoms with Crippen molar-refractivity contribution >= 4 is 17.4 Å². The molecule has 0 saturated heterocycles. The van der Waals surface area contributed by atoms with Crippen molar-refractivity contribution in [2.45, 2.75) is 6.04 Å². The maximum Gasteiger partial charge on any atom is 0.333 e. The van der Waals surface area contributed by atoms with Gasteiger partial charge in [-0.15, -0.1) is 0 Å². The van der Waals surface area contributed by atoms with Crippen LogP contribution in [0.15, 0.2) is 41.7 Å². The standard InChI is InChI=1S/C11H12N4O2/c12-11(13)14-9(10(16)17)7-3-4-8-2-1-5-15(8)6-7/h1-6,9H,(H,16,17)(H4,12,13,14). The number of aliphatic carboxylic acids is 1. The van der Waals surface area contributed by atoms with Gasteiger partial charge in [-0.1, -0.05) is 6.07 Å². The van der Waals surface area contributed by atoms with Gasteiger partial charge >= 0.3 is 5.97 Å². The maximum absolute atomic E-state index is 11.1. The summed E-state index contributed by atoms with van der Waals surface area (Å²) >= 11 is 0. The van der Waals surface area contributed by atoms with Gasteiger partial charge in [0, 0.05) is 23.5 Å². The van der Waals surface area contributed by atoms with Crippen LogP contribution in [0, 0.1) is 0 Å². The van der Waals surface area contributed by atoms with Gasteiger partial charge in [-0.2, -0.15) is 0 Å². The Balaban J connectivity index is 2.48. The number of nitrogens with zero attached hydrogens (tertiary/aromatic N) is 2. The van der Waals surface area contributed by atoms with Gasteiger partial charge in [-0.25, -0.2) is 9.79 Å². The molecule has 2 aromatic rings. The molecule has 0 aliphatic heterocycles. The first-order valence-electron chi connectivity index (χ1n) is 4.96. The van der Waals surface area contributed by atoms with E-state index in [-0.39, 0.29) is 5.96 Å². The van der Waals surface area contributed by atoms with Crippen molar-refractivity contribution in [1.29, 1.82) is 0 Å². The molecule has 1 unspecified atom stereocenters. The van der Waals surface area contributed by atoms with Crippen LogP contribution in [0.5, 0.6) is 0 Å². The molecule has 2 rings (SSSR count). The van der Waals surface area contributed by atoms with Crippen molar-refractivity contribution in [3.8, 4) is 0 Å². The minimum atomic E-state index is -1.09. The van der Waals surface area contributed by atoms with Crippen LogP contribution in [-0.2, 0) is 4.79 Å².